The van der Waals surface area contributed by atoms with E-state index in [0.29, 0.717) is 12.2 Å². The van der Waals surface area contributed by atoms with Crippen molar-refractivity contribution in [2.24, 2.45) is 0 Å². The van der Waals surface area contributed by atoms with Crippen molar-refractivity contribution in [2.45, 2.75) is 50.7 Å². The van der Waals surface area contributed by atoms with Crippen LogP contribution in [0, 0.1) is 6.92 Å². The van der Waals surface area contributed by atoms with Crippen molar-refractivity contribution in [3.63, 3.8) is 0 Å². The second-order valence-corrected chi connectivity index (χ2v) is 7.56. The average molecular weight is 381 g/mol. The fourth-order valence-electron chi connectivity index (χ4n) is 4.35. The van der Waals surface area contributed by atoms with Crippen LogP contribution in [0.15, 0.2) is 31.0 Å². The van der Waals surface area contributed by atoms with Crippen molar-refractivity contribution >= 4 is 11.0 Å². The van der Waals surface area contributed by atoms with E-state index in [0.717, 1.165) is 41.8 Å². The number of ether oxygens (including phenoxy) is 1. The third kappa shape index (κ3) is 2.76. The highest BCUT2D eigenvalue weighted by Crippen LogP contribution is 2.37. The number of rotatable bonds is 3. The number of hydrogen-bond donors (Lipinski definition) is 3. The Hall–Kier alpha value is -2.55. The molecule has 0 spiro atoms. The van der Waals surface area contributed by atoms with Crippen LogP contribution in [0.5, 0.6) is 5.75 Å². The molecule has 0 bridgehead atoms. The van der Waals surface area contributed by atoms with Crippen LogP contribution >= 0.6 is 0 Å². The van der Waals surface area contributed by atoms with Gasteiger partial charge in [0.15, 0.2) is 0 Å². The van der Waals surface area contributed by atoms with Gasteiger partial charge in [-0.1, -0.05) is 0 Å². The molecule has 3 aromatic heterocycles. The van der Waals surface area contributed by atoms with Crippen LogP contribution in [0.1, 0.15) is 29.3 Å². The lowest BCUT2D eigenvalue weighted by molar-refractivity contribution is -0.0167. The first-order valence-electron chi connectivity index (χ1n) is 9.61. The predicted octanol–water partition coefficient (Wildman–Crippen LogP) is 0.895. The van der Waals surface area contributed by atoms with Gasteiger partial charge in [-0.05, 0) is 31.5 Å². The van der Waals surface area contributed by atoms with Crippen molar-refractivity contribution in [3.05, 3.63) is 47.8 Å². The summed E-state index contributed by atoms with van der Waals surface area (Å²) >= 11 is 0. The minimum absolute atomic E-state index is 0.322. The Morgan fingerprint density at radius 3 is 3.00 bits per heavy atom. The zero-order chi connectivity index (χ0) is 19.3. The Balaban J connectivity index is 1.43. The fraction of sp³-hybridized carbons (Fsp3) is 0.450. The molecule has 4 atom stereocenters. The quantitative estimate of drug-likeness (QED) is 0.619. The molecule has 1 saturated carbocycles. The summed E-state index contributed by atoms with van der Waals surface area (Å²) in [6, 6.07) is 1.62. The van der Waals surface area contributed by atoms with E-state index in [4.69, 9.17) is 4.74 Å². The van der Waals surface area contributed by atoms with Gasteiger partial charge in [-0.25, -0.2) is 9.97 Å². The monoisotopic (exact) mass is 381 g/mol. The molecule has 1 aliphatic carbocycles. The first-order chi connectivity index (χ1) is 13.6. The largest absolute Gasteiger partial charge is 0.486 e. The molecular weight excluding hydrogens is 358 g/mol. The molecular formula is C20H23N5O3. The van der Waals surface area contributed by atoms with Crippen LogP contribution in [0.3, 0.4) is 0 Å². The van der Waals surface area contributed by atoms with E-state index in [-0.39, 0.29) is 6.04 Å². The summed E-state index contributed by atoms with van der Waals surface area (Å²) in [5, 5.41) is 25.7. The molecule has 2 aliphatic rings. The summed E-state index contributed by atoms with van der Waals surface area (Å²) in [4.78, 5) is 12.9. The van der Waals surface area contributed by atoms with Crippen LogP contribution in [-0.2, 0) is 13.0 Å². The van der Waals surface area contributed by atoms with Gasteiger partial charge in [0.1, 0.15) is 36.0 Å². The Kier molecular flexibility index (Phi) is 4.26. The second kappa shape index (κ2) is 6.80. The van der Waals surface area contributed by atoms with E-state index in [1.807, 2.05) is 30.0 Å². The number of aliphatic hydroxyl groups excluding tert-OH is 2. The van der Waals surface area contributed by atoms with E-state index in [9.17, 15) is 10.2 Å². The van der Waals surface area contributed by atoms with Gasteiger partial charge in [-0.3, -0.25) is 4.98 Å². The molecule has 3 N–H and O–H groups in total. The minimum Gasteiger partial charge on any atom is -0.486 e. The number of aromatic nitrogens is 4. The lowest BCUT2D eigenvalue weighted by atomic mass is 10.0. The number of aliphatic hydroxyl groups is 2. The molecule has 4 heterocycles. The van der Waals surface area contributed by atoms with Gasteiger partial charge in [-0.2, -0.15) is 0 Å². The van der Waals surface area contributed by atoms with Gasteiger partial charge < -0.3 is 24.8 Å². The van der Waals surface area contributed by atoms with E-state index < -0.39 is 18.3 Å². The third-order valence-electron chi connectivity index (χ3n) is 5.92. The molecule has 1 aliphatic heterocycles. The third-order valence-corrected chi connectivity index (χ3v) is 5.92. The molecule has 0 amide bonds. The highest BCUT2D eigenvalue weighted by atomic mass is 16.5. The minimum atomic E-state index is -0.988. The van der Waals surface area contributed by atoms with Crippen LogP contribution in [-0.4, -0.2) is 54.6 Å². The Morgan fingerprint density at radius 2 is 2.11 bits per heavy atom. The van der Waals surface area contributed by atoms with Crippen LogP contribution in [0.25, 0.3) is 11.0 Å². The van der Waals surface area contributed by atoms with Gasteiger partial charge in [0, 0.05) is 36.3 Å². The predicted molar refractivity (Wildman–Crippen MR) is 102 cm³/mol. The topological polar surface area (TPSA) is 105 Å². The van der Waals surface area contributed by atoms with E-state index in [2.05, 4.69) is 20.3 Å². The van der Waals surface area contributed by atoms with Gasteiger partial charge in [0.05, 0.1) is 17.9 Å². The van der Waals surface area contributed by atoms with Gasteiger partial charge in [0.2, 0.25) is 0 Å². The van der Waals surface area contributed by atoms with E-state index in [1.54, 1.807) is 6.20 Å². The Morgan fingerprint density at radius 1 is 1.21 bits per heavy atom. The number of pyridine rings is 1. The van der Waals surface area contributed by atoms with Gasteiger partial charge in [0.25, 0.3) is 0 Å². The summed E-state index contributed by atoms with van der Waals surface area (Å²) in [5.41, 5.74) is 3.90. The summed E-state index contributed by atoms with van der Waals surface area (Å²) in [5.74, 6) is 0.678. The van der Waals surface area contributed by atoms with Gasteiger partial charge >= 0.3 is 0 Å². The molecule has 3 aromatic rings. The van der Waals surface area contributed by atoms with E-state index in [1.165, 1.54) is 11.9 Å². The molecule has 0 unspecified atom stereocenters. The van der Waals surface area contributed by atoms with Crippen molar-refractivity contribution in [1.29, 1.82) is 0 Å². The van der Waals surface area contributed by atoms with Crippen LogP contribution < -0.4 is 10.1 Å². The molecule has 0 radical (unpaired) electrons. The first kappa shape index (κ1) is 17.5. The van der Waals surface area contributed by atoms with Crippen molar-refractivity contribution < 1.29 is 14.9 Å². The maximum atomic E-state index is 10.7. The second-order valence-electron chi connectivity index (χ2n) is 7.56. The first-order valence-corrected chi connectivity index (χ1v) is 9.61. The lowest BCUT2D eigenvalue weighted by Gasteiger charge is -2.23. The molecule has 1 fully saturated rings. The molecule has 146 valence electrons. The maximum Gasteiger partial charge on any atom is 0.143 e. The van der Waals surface area contributed by atoms with Crippen molar-refractivity contribution in [1.82, 2.24) is 24.8 Å². The number of aryl methyl sites for hydroxylation is 1. The highest BCUT2D eigenvalue weighted by Gasteiger charge is 2.44. The summed E-state index contributed by atoms with van der Waals surface area (Å²) in [7, 11) is 0. The molecule has 0 aromatic carbocycles. The lowest BCUT2D eigenvalue weighted by Crippen LogP contribution is -2.35. The summed E-state index contributed by atoms with van der Waals surface area (Å²) < 4.78 is 8.08. The Bertz CT molecular complexity index is 1020. The fourth-order valence-corrected chi connectivity index (χ4v) is 4.35. The molecule has 0 saturated heterocycles. The molecule has 5 rings (SSSR count). The number of hydrogen-bond acceptors (Lipinski definition) is 7. The van der Waals surface area contributed by atoms with Crippen molar-refractivity contribution in [3.8, 4) is 5.75 Å². The molecule has 8 heteroatoms. The number of nitrogens with one attached hydrogen (secondary N) is 1. The zero-order valence-corrected chi connectivity index (χ0v) is 15.6. The highest BCUT2D eigenvalue weighted by molar-refractivity contribution is 5.78. The number of nitrogens with zero attached hydrogens (tertiary/aromatic N) is 4. The zero-order valence-electron chi connectivity index (χ0n) is 15.6. The van der Waals surface area contributed by atoms with Gasteiger partial charge in [-0.15, -0.1) is 0 Å². The maximum absolute atomic E-state index is 10.7. The summed E-state index contributed by atoms with van der Waals surface area (Å²) in [6.07, 6.45) is 5.92. The SMILES string of the molecule is Cc1ncnc2c1ccn2[C@@H]1C[C@H](Oc2cncc3c2CNCC3)[C@@H](O)[C@H]1O. The number of fused-ring (bicyclic) bond motifs is 2. The Labute approximate surface area is 162 Å². The van der Waals surface area contributed by atoms with Crippen LogP contribution in [0.2, 0.25) is 0 Å². The summed E-state index contributed by atoms with van der Waals surface area (Å²) in [6.45, 7) is 3.58. The average Bonchev–Trinajstić information content (AvgIpc) is 3.26. The van der Waals surface area contributed by atoms with E-state index >= 15 is 0 Å². The molecule has 28 heavy (non-hydrogen) atoms. The standard InChI is InChI=1S/C20H23N5O3/c1-11-13-3-5-25(20(13)24-10-23-11)15-6-16(19(27)18(15)26)28-17-9-22-7-12-2-4-21-8-14(12)17/h3,5,7,9-10,15-16,18-19,21,26-27H,2,4,6,8H2,1H3/t15-,16+,18+,19-/m1/s1. The smallest absolute Gasteiger partial charge is 0.143 e. The normalized spacial score (nSPS) is 27.1. The molecule has 8 nitrogen and oxygen atoms in total. The van der Waals surface area contributed by atoms with Crippen molar-refractivity contribution in [2.75, 3.05) is 6.54 Å². The van der Waals surface area contributed by atoms with Crippen LogP contribution in [0.4, 0.5) is 0 Å².